The first-order valence-electron chi connectivity index (χ1n) is 14.7. The van der Waals surface area contributed by atoms with Crippen molar-refractivity contribution in [1.82, 2.24) is 15.5 Å². The van der Waals surface area contributed by atoms with E-state index in [0.29, 0.717) is 35.6 Å². The summed E-state index contributed by atoms with van der Waals surface area (Å²) in [5, 5.41) is 4.90. The number of benzene rings is 2. The van der Waals surface area contributed by atoms with Crippen molar-refractivity contribution in [2.45, 2.75) is 57.0 Å². The normalized spacial score (nSPS) is 18.9. The van der Waals surface area contributed by atoms with Crippen molar-refractivity contribution in [2.24, 2.45) is 16.8 Å². The maximum absolute atomic E-state index is 13.7. The van der Waals surface area contributed by atoms with Gasteiger partial charge in [-0.3, -0.25) is 19.3 Å². The molecule has 45 heavy (non-hydrogen) atoms. The number of amides is 3. The van der Waals surface area contributed by atoms with E-state index in [0.717, 1.165) is 12.8 Å². The molecule has 2 aliphatic heterocycles. The SMILES string of the molecule is CN1C(=O)[C@@H](NC(=O)C(CCC(F)(F)F)C(CCC(F)(F)F)C(=O)NCN2CCCC2)N=C(c2ccccc2)c2ccccc21. The van der Waals surface area contributed by atoms with E-state index >= 15 is 0 Å². The lowest BCUT2D eigenvalue weighted by Crippen LogP contribution is -2.51. The number of benzodiazepines with no additional fused rings is 1. The number of hydrogen-bond donors (Lipinski definition) is 2. The average molecular weight is 640 g/mol. The number of hydrogen-bond acceptors (Lipinski definition) is 5. The van der Waals surface area contributed by atoms with Crippen LogP contribution in [0, 0.1) is 11.8 Å². The third-order valence-corrected chi connectivity index (χ3v) is 7.98. The minimum atomic E-state index is -4.75. The third kappa shape index (κ3) is 9.28. The minimum Gasteiger partial charge on any atom is -0.343 e. The molecule has 2 aliphatic rings. The molecule has 0 saturated carbocycles. The zero-order chi connectivity index (χ0) is 32.8. The van der Waals surface area contributed by atoms with Crippen molar-refractivity contribution in [3.63, 3.8) is 0 Å². The third-order valence-electron chi connectivity index (χ3n) is 7.98. The van der Waals surface area contributed by atoms with Crippen LogP contribution in [-0.4, -0.2) is 73.7 Å². The first-order chi connectivity index (χ1) is 21.2. The molecule has 8 nitrogen and oxygen atoms in total. The number of carbonyl (C=O) groups is 3. The van der Waals surface area contributed by atoms with Gasteiger partial charge in [-0.25, -0.2) is 4.99 Å². The van der Waals surface area contributed by atoms with Gasteiger partial charge in [-0.2, -0.15) is 26.3 Å². The minimum absolute atomic E-state index is 0.0101. The molecule has 0 bridgehead atoms. The first kappa shape index (κ1) is 33.9. The van der Waals surface area contributed by atoms with Crippen molar-refractivity contribution < 1.29 is 40.7 Å². The van der Waals surface area contributed by atoms with E-state index < -0.39 is 73.8 Å². The Bertz CT molecular complexity index is 1380. The number of alkyl halides is 6. The second-order valence-electron chi connectivity index (χ2n) is 11.2. The van der Waals surface area contributed by atoms with E-state index in [2.05, 4.69) is 15.6 Å². The van der Waals surface area contributed by atoms with Crippen LogP contribution in [0.25, 0.3) is 0 Å². The van der Waals surface area contributed by atoms with E-state index in [-0.39, 0.29) is 6.67 Å². The quantitative estimate of drug-likeness (QED) is 0.338. The van der Waals surface area contributed by atoms with Crippen LogP contribution in [0.2, 0.25) is 0 Å². The monoisotopic (exact) mass is 639 g/mol. The van der Waals surface area contributed by atoms with Crippen molar-refractivity contribution in [1.29, 1.82) is 0 Å². The molecule has 2 unspecified atom stereocenters. The number of nitrogens with zero attached hydrogens (tertiary/aromatic N) is 3. The number of aliphatic imine (C=N–C) groups is 1. The molecule has 244 valence electrons. The molecule has 14 heteroatoms. The summed E-state index contributed by atoms with van der Waals surface area (Å²) in [7, 11) is 1.45. The average Bonchev–Trinajstić information content (AvgIpc) is 3.49. The van der Waals surface area contributed by atoms with Gasteiger partial charge in [0.05, 0.1) is 18.1 Å². The summed E-state index contributed by atoms with van der Waals surface area (Å²) in [5.41, 5.74) is 1.91. The van der Waals surface area contributed by atoms with Crippen molar-refractivity contribution in [3.8, 4) is 0 Å². The van der Waals surface area contributed by atoms with Crippen molar-refractivity contribution in [2.75, 3.05) is 31.7 Å². The highest BCUT2D eigenvalue weighted by Gasteiger charge is 2.41. The van der Waals surface area contributed by atoms with Gasteiger partial charge in [-0.1, -0.05) is 48.5 Å². The van der Waals surface area contributed by atoms with Crippen LogP contribution in [0.5, 0.6) is 0 Å². The molecule has 4 rings (SSSR count). The predicted octanol–water partition coefficient (Wildman–Crippen LogP) is 5.03. The Kier molecular flexibility index (Phi) is 10.9. The first-order valence-corrected chi connectivity index (χ1v) is 14.7. The summed E-state index contributed by atoms with van der Waals surface area (Å²) in [6, 6.07) is 15.5. The molecule has 0 aliphatic carbocycles. The van der Waals surface area contributed by atoms with Gasteiger partial charge in [0.15, 0.2) is 0 Å². The van der Waals surface area contributed by atoms with Crippen molar-refractivity contribution >= 4 is 29.1 Å². The van der Waals surface area contributed by atoms with Gasteiger partial charge in [0.2, 0.25) is 18.0 Å². The van der Waals surface area contributed by atoms with Crippen LogP contribution >= 0.6 is 0 Å². The maximum atomic E-state index is 13.7. The van der Waals surface area contributed by atoms with E-state index in [1.807, 2.05) is 4.90 Å². The number of anilines is 1. The van der Waals surface area contributed by atoms with Crippen LogP contribution < -0.4 is 15.5 Å². The van der Waals surface area contributed by atoms with Gasteiger partial charge in [0, 0.05) is 42.9 Å². The summed E-state index contributed by atoms with van der Waals surface area (Å²) in [6.45, 7) is 1.28. The van der Waals surface area contributed by atoms with E-state index in [9.17, 15) is 40.7 Å². The molecular formula is C31H35F6N5O3. The van der Waals surface area contributed by atoms with Crippen LogP contribution in [0.4, 0.5) is 32.0 Å². The summed E-state index contributed by atoms with van der Waals surface area (Å²) in [6.07, 6.45) is -14.2. The Balaban J connectivity index is 1.68. The van der Waals surface area contributed by atoms with Crippen molar-refractivity contribution in [3.05, 3.63) is 65.7 Å². The number of nitrogens with one attached hydrogen (secondary N) is 2. The molecule has 2 aromatic rings. The second-order valence-corrected chi connectivity index (χ2v) is 11.2. The molecule has 3 amide bonds. The molecule has 0 aromatic heterocycles. The number of rotatable bonds is 11. The van der Waals surface area contributed by atoms with E-state index in [1.165, 1.54) is 11.9 Å². The summed E-state index contributed by atoms with van der Waals surface area (Å²) in [5.74, 6) is -6.42. The zero-order valence-electron chi connectivity index (χ0n) is 24.6. The highest BCUT2D eigenvalue weighted by atomic mass is 19.4. The molecule has 2 N–H and O–H groups in total. The smallest absolute Gasteiger partial charge is 0.343 e. The molecule has 3 atom stereocenters. The number of fused-ring (bicyclic) bond motifs is 1. The number of carbonyl (C=O) groups excluding carboxylic acids is 3. The number of para-hydroxylation sites is 1. The predicted molar refractivity (Wildman–Crippen MR) is 155 cm³/mol. The van der Waals surface area contributed by atoms with Gasteiger partial charge in [0.1, 0.15) is 0 Å². The van der Waals surface area contributed by atoms with Gasteiger partial charge < -0.3 is 15.5 Å². The van der Waals surface area contributed by atoms with Crippen LogP contribution in [0.3, 0.4) is 0 Å². The van der Waals surface area contributed by atoms with Gasteiger partial charge in [-0.05, 0) is 44.8 Å². The lowest BCUT2D eigenvalue weighted by Gasteiger charge is -2.29. The highest BCUT2D eigenvalue weighted by Crippen LogP contribution is 2.34. The summed E-state index contributed by atoms with van der Waals surface area (Å²) >= 11 is 0. The van der Waals surface area contributed by atoms with Crippen LogP contribution in [-0.2, 0) is 14.4 Å². The lowest BCUT2D eigenvalue weighted by atomic mass is 9.83. The highest BCUT2D eigenvalue weighted by molar-refractivity contribution is 6.20. The molecule has 2 aromatic carbocycles. The largest absolute Gasteiger partial charge is 0.389 e. The Morgan fingerprint density at radius 2 is 1.42 bits per heavy atom. The second kappa shape index (κ2) is 14.4. The fourth-order valence-electron chi connectivity index (χ4n) is 5.61. The fourth-order valence-corrected chi connectivity index (χ4v) is 5.61. The fraction of sp³-hybridized carbons (Fsp3) is 0.484. The Hall–Kier alpha value is -3.94. The Morgan fingerprint density at radius 3 is 2.02 bits per heavy atom. The number of likely N-dealkylation sites (tertiary alicyclic amines) is 1. The molecule has 1 fully saturated rings. The molecule has 0 radical (unpaired) electrons. The van der Waals surface area contributed by atoms with E-state index in [1.54, 1.807) is 54.6 Å². The molecular weight excluding hydrogens is 604 g/mol. The summed E-state index contributed by atoms with van der Waals surface area (Å²) in [4.78, 5) is 48.2. The maximum Gasteiger partial charge on any atom is 0.389 e. The zero-order valence-corrected chi connectivity index (χ0v) is 24.6. The summed E-state index contributed by atoms with van der Waals surface area (Å²) < 4.78 is 80.1. The standard InChI is InChI=1S/C31H35F6N5O3/c1-41-24-12-6-5-11-23(24)25(20-9-3-2-4-10-20)39-26(29(41)45)40-28(44)22(14-16-31(35,36)37)21(13-15-30(32,33)34)27(43)38-19-42-17-7-8-18-42/h2-6,9-12,21-22,26H,7-8,13-19H2,1H3,(H,38,43)(H,40,44)/t21?,22?,26-/m1/s1. The Labute approximate surface area is 256 Å². The number of likely N-dealkylation sites (N-methyl/N-ethyl adjacent to an activating group) is 1. The van der Waals surface area contributed by atoms with E-state index in [4.69, 9.17) is 0 Å². The topological polar surface area (TPSA) is 94.1 Å². The molecule has 2 heterocycles. The molecule has 1 saturated heterocycles. The van der Waals surface area contributed by atoms with Gasteiger partial charge >= 0.3 is 12.4 Å². The van der Waals surface area contributed by atoms with Crippen LogP contribution in [0.1, 0.15) is 49.7 Å². The van der Waals surface area contributed by atoms with Gasteiger partial charge in [-0.15, -0.1) is 0 Å². The molecule has 0 spiro atoms. The Morgan fingerprint density at radius 1 is 0.867 bits per heavy atom. The number of halogens is 6. The lowest BCUT2D eigenvalue weighted by molar-refractivity contribution is -0.153. The van der Waals surface area contributed by atoms with Crippen LogP contribution in [0.15, 0.2) is 59.6 Å². The van der Waals surface area contributed by atoms with Gasteiger partial charge in [0.25, 0.3) is 5.91 Å².